The van der Waals surface area contributed by atoms with Crippen LogP contribution in [0.15, 0.2) is 29.3 Å². The number of fused-ring (bicyclic) bond motifs is 2. The van der Waals surface area contributed by atoms with E-state index in [1.54, 1.807) is 25.2 Å². The van der Waals surface area contributed by atoms with Crippen LogP contribution in [0.25, 0.3) is 11.2 Å². The molecule has 24 heavy (non-hydrogen) atoms. The molecular weight excluding hydrogens is 316 g/mol. The van der Waals surface area contributed by atoms with Gasteiger partial charge in [0.2, 0.25) is 12.7 Å². The Morgan fingerprint density at radius 3 is 3.04 bits per heavy atom. The third kappa shape index (κ3) is 2.33. The van der Waals surface area contributed by atoms with E-state index in [0.29, 0.717) is 22.8 Å². The predicted molar refractivity (Wildman–Crippen MR) is 81.8 cm³/mol. The number of nitrogens with one attached hydrogen (secondary N) is 1. The second-order valence-electron chi connectivity index (χ2n) is 5.18. The van der Waals surface area contributed by atoms with Crippen molar-refractivity contribution in [3.05, 3.63) is 34.9 Å². The lowest BCUT2D eigenvalue weighted by Gasteiger charge is -2.07. The monoisotopic (exact) mass is 328 g/mol. The topological polar surface area (TPSA) is 113 Å². The summed E-state index contributed by atoms with van der Waals surface area (Å²) in [6.07, 6.45) is 1.30. The van der Waals surface area contributed by atoms with Crippen molar-refractivity contribution in [2.24, 2.45) is 7.05 Å². The third-order valence-corrected chi connectivity index (χ3v) is 3.55. The van der Waals surface area contributed by atoms with Crippen LogP contribution in [0.1, 0.15) is 0 Å². The average Bonchev–Trinajstić information content (AvgIpc) is 3.17. The molecule has 3 aromatic rings. The van der Waals surface area contributed by atoms with E-state index in [1.165, 1.54) is 15.6 Å². The minimum atomic E-state index is -0.422. The lowest BCUT2D eigenvalue weighted by molar-refractivity contribution is -0.116. The van der Waals surface area contributed by atoms with Crippen molar-refractivity contribution in [1.82, 2.24) is 24.5 Å². The van der Waals surface area contributed by atoms with Crippen molar-refractivity contribution in [3.8, 4) is 11.5 Å². The van der Waals surface area contributed by atoms with Crippen molar-refractivity contribution in [1.29, 1.82) is 0 Å². The van der Waals surface area contributed by atoms with Gasteiger partial charge in [-0.1, -0.05) is 5.21 Å². The number of amides is 1. The molecule has 1 aromatic carbocycles. The number of benzene rings is 1. The van der Waals surface area contributed by atoms with Crippen LogP contribution in [0.3, 0.4) is 0 Å². The lowest BCUT2D eigenvalue weighted by atomic mass is 10.3. The van der Waals surface area contributed by atoms with E-state index in [2.05, 4.69) is 20.6 Å². The fourth-order valence-corrected chi connectivity index (χ4v) is 2.39. The Bertz CT molecular complexity index is 1010. The van der Waals surface area contributed by atoms with E-state index >= 15 is 0 Å². The number of aryl methyl sites for hydroxylation is 1. The zero-order chi connectivity index (χ0) is 16.7. The number of nitrogens with zero attached hydrogens (tertiary/aromatic N) is 5. The zero-order valence-electron chi connectivity index (χ0n) is 12.6. The van der Waals surface area contributed by atoms with Gasteiger partial charge in [-0.05, 0) is 12.1 Å². The standard InChI is InChI=1S/C14H12N6O4/c1-19-13-12(17-18-19)14(22)20(6-15-13)5-11(21)16-8-2-3-9-10(4-8)24-7-23-9/h2-4,6H,5,7H2,1H3,(H,16,21). The molecule has 4 rings (SSSR count). The number of ether oxygens (including phenoxy) is 2. The minimum Gasteiger partial charge on any atom is -0.454 e. The molecule has 1 aliphatic heterocycles. The van der Waals surface area contributed by atoms with E-state index in [4.69, 9.17) is 9.47 Å². The summed E-state index contributed by atoms with van der Waals surface area (Å²) < 4.78 is 13.0. The molecule has 122 valence electrons. The summed E-state index contributed by atoms with van der Waals surface area (Å²) in [5.41, 5.74) is 0.614. The predicted octanol–water partition coefficient (Wildman–Crippen LogP) is -0.108. The van der Waals surface area contributed by atoms with Crippen LogP contribution in [-0.4, -0.2) is 37.2 Å². The first-order chi connectivity index (χ1) is 11.6. The van der Waals surface area contributed by atoms with Gasteiger partial charge in [0.1, 0.15) is 12.9 Å². The first kappa shape index (κ1) is 14.2. The molecule has 0 saturated heterocycles. The van der Waals surface area contributed by atoms with Crippen molar-refractivity contribution >= 4 is 22.8 Å². The van der Waals surface area contributed by atoms with Crippen LogP contribution >= 0.6 is 0 Å². The van der Waals surface area contributed by atoms with E-state index in [9.17, 15) is 9.59 Å². The maximum Gasteiger partial charge on any atom is 0.283 e. The Morgan fingerprint density at radius 2 is 2.17 bits per heavy atom. The normalized spacial score (nSPS) is 12.5. The minimum absolute atomic E-state index is 0.121. The van der Waals surface area contributed by atoms with Gasteiger partial charge in [-0.25, -0.2) is 9.67 Å². The molecule has 1 aliphatic rings. The van der Waals surface area contributed by atoms with Crippen LogP contribution in [0, 0.1) is 0 Å². The summed E-state index contributed by atoms with van der Waals surface area (Å²) in [5, 5.41) is 10.2. The number of carbonyl (C=O) groups excluding carboxylic acids is 1. The molecular formula is C14H12N6O4. The van der Waals surface area contributed by atoms with Crippen molar-refractivity contribution < 1.29 is 14.3 Å². The fourth-order valence-electron chi connectivity index (χ4n) is 2.39. The molecule has 0 fully saturated rings. The molecule has 1 amide bonds. The molecule has 10 heteroatoms. The average molecular weight is 328 g/mol. The highest BCUT2D eigenvalue weighted by molar-refractivity contribution is 5.91. The SMILES string of the molecule is Cn1nnc2c(=O)n(CC(=O)Nc3ccc4c(c3)OCO4)cnc21. The van der Waals surface area contributed by atoms with Gasteiger partial charge < -0.3 is 14.8 Å². The molecule has 2 aromatic heterocycles. The van der Waals surface area contributed by atoms with Crippen LogP contribution in [0.4, 0.5) is 5.69 Å². The number of carbonyl (C=O) groups is 1. The van der Waals surface area contributed by atoms with E-state index in [1.807, 2.05) is 0 Å². The van der Waals surface area contributed by atoms with Gasteiger partial charge in [0.25, 0.3) is 5.56 Å². The molecule has 0 spiro atoms. The number of rotatable bonds is 3. The summed E-state index contributed by atoms with van der Waals surface area (Å²) in [6, 6.07) is 5.06. The molecule has 0 atom stereocenters. The molecule has 0 bridgehead atoms. The van der Waals surface area contributed by atoms with Gasteiger partial charge in [0, 0.05) is 18.8 Å². The van der Waals surface area contributed by atoms with Crippen LogP contribution in [-0.2, 0) is 18.4 Å². The van der Waals surface area contributed by atoms with Gasteiger partial charge >= 0.3 is 0 Å². The van der Waals surface area contributed by atoms with Crippen molar-refractivity contribution in [2.45, 2.75) is 6.54 Å². The molecule has 0 radical (unpaired) electrons. The summed E-state index contributed by atoms with van der Waals surface area (Å²) in [6.45, 7) is -0.0291. The maximum atomic E-state index is 12.3. The van der Waals surface area contributed by atoms with Crippen LogP contribution < -0.4 is 20.3 Å². The van der Waals surface area contributed by atoms with Crippen molar-refractivity contribution in [2.75, 3.05) is 12.1 Å². The van der Waals surface area contributed by atoms with Crippen LogP contribution in [0.5, 0.6) is 11.5 Å². The molecule has 1 N–H and O–H groups in total. The number of anilines is 1. The number of aromatic nitrogens is 5. The lowest BCUT2D eigenvalue weighted by Crippen LogP contribution is -2.28. The first-order valence-electron chi connectivity index (χ1n) is 7.06. The quantitative estimate of drug-likeness (QED) is 0.714. The Morgan fingerprint density at radius 1 is 1.33 bits per heavy atom. The molecule has 0 unspecified atom stereocenters. The Kier molecular flexibility index (Phi) is 3.15. The second-order valence-corrected chi connectivity index (χ2v) is 5.18. The molecule has 10 nitrogen and oxygen atoms in total. The first-order valence-corrected chi connectivity index (χ1v) is 7.06. The molecule has 0 saturated carbocycles. The van der Waals surface area contributed by atoms with Crippen LogP contribution in [0.2, 0.25) is 0 Å². The summed E-state index contributed by atoms with van der Waals surface area (Å²) in [7, 11) is 1.64. The molecule has 3 heterocycles. The highest BCUT2D eigenvalue weighted by Gasteiger charge is 2.15. The fraction of sp³-hybridized carbons (Fsp3) is 0.214. The number of hydrogen-bond acceptors (Lipinski definition) is 7. The highest BCUT2D eigenvalue weighted by atomic mass is 16.7. The van der Waals surface area contributed by atoms with Gasteiger partial charge in [-0.2, -0.15) is 0 Å². The summed E-state index contributed by atoms with van der Waals surface area (Å²) in [4.78, 5) is 28.5. The van der Waals surface area contributed by atoms with Gasteiger partial charge in [0.15, 0.2) is 22.7 Å². The van der Waals surface area contributed by atoms with E-state index < -0.39 is 5.56 Å². The van der Waals surface area contributed by atoms with E-state index in [0.717, 1.165) is 0 Å². The van der Waals surface area contributed by atoms with Gasteiger partial charge in [-0.15, -0.1) is 5.10 Å². The summed E-state index contributed by atoms with van der Waals surface area (Å²) >= 11 is 0. The smallest absolute Gasteiger partial charge is 0.283 e. The zero-order valence-corrected chi connectivity index (χ0v) is 12.6. The largest absolute Gasteiger partial charge is 0.454 e. The van der Waals surface area contributed by atoms with Gasteiger partial charge in [-0.3, -0.25) is 14.2 Å². The maximum absolute atomic E-state index is 12.3. The second kappa shape index (κ2) is 5.33. The van der Waals surface area contributed by atoms with Gasteiger partial charge in [0.05, 0.1) is 0 Å². The van der Waals surface area contributed by atoms with E-state index in [-0.39, 0.29) is 24.8 Å². The van der Waals surface area contributed by atoms with Crippen molar-refractivity contribution in [3.63, 3.8) is 0 Å². The Hall–Kier alpha value is -3.43. The summed E-state index contributed by atoms with van der Waals surface area (Å²) in [5.74, 6) is 0.815. The number of hydrogen-bond donors (Lipinski definition) is 1. The highest BCUT2D eigenvalue weighted by Crippen LogP contribution is 2.34. The third-order valence-electron chi connectivity index (χ3n) is 3.55. The molecule has 0 aliphatic carbocycles. The Labute approximate surface area is 134 Å². The Balaban J connectivity index is 1.54.